The molecule has 0 aliphatic rings. The molecule has 0 radical (unpaired) electrons. The van der Waals surface area contributed by atoms with E-state index in [9.17, 15) is 54.1 Å². The van der Waals surface area contributed by atoms with Crippen molar-refractivity contribution in [3.8, 4) is 0 Å². The smallest absolute Gasteiger partial charge is 0.325 e. The van der Waals surface area contributed by atoms with Gasteiger partial charge < -0.3 is 5.32 Å². The SMILES string of the molecule is CSc1ccc(S(=O)(=O)CC(=O)Nc2cccc(SC(F)(F)C(F)(F)C(F)(F)F)c2)c([N+](=O)[O-])c1. The number of sulfone groups is 1. The topological polar surface area (TPSA) is 106 Å². The van der Waals surface area contributed by atoms with Gasteiger partial charge in [0.15, 0.2) is 9.84 Å². The molecule has 0 aliphatic carbocycles. The maximum atomic E-state index is 13.6. The quantitative estimate of drug-likeness (QED) is 0.182. The van der Waals surface area contributed by atoms with Gasteiger partial charge in [0, 0.05) is 21.5 Å². The maximum absolute atomic E-state index is 13.6. The molecule has 0 saturated carbocycles. The van der Waals surface area contributed by atoms with Crippen LogP contribution in [0.25, 0.3) is 0 Å². The van der Waals surface area contributed by atoms with Gasteiger partial charge in [0.25, 0.3) is 5.69 Å². The lowest BCUT2D eigenvalue weighted by molar-refractivity contribution is -0.388. The minimum Gasteiger partial charge on any atom is -0.325 e. The summed E-state index contributed by atoms with van der Waals surface area (Å²) >= 11 is -0.0103. The first-order valence-corrected chi connectivity index (χ1v) is 12.6. The Bertz CT molecular complexity index is 1240. The molecule has 192 valence electrons. The molecule has 0 unspecified atom stereocenters. The van der Waals surface area contributed by atoms with Crippen LogP contribution in [0.1, 0.15) is 0 Å². The van der Waals surface area contributed by atoms with Crippen molar-refractivity contribution in [3.05, 3.63) is 52.6 Å². The summed E-state index contributed by atoms with van der Waals surface area (Å²) in [6.07, 6.45) is -4.94. The van der Waals surface area contributed by atoms with E-state index in [-0.39, 0.29) is 0 Å². The fourth-order valence-corrected chi connectivity index (χ4v) is 5.10. The van der Waals surface area contributed by atoms with E-state index >= 15 is 0 Å². The summed E-state index contributed by atoms with van der Waals surface area (Å²) in [6, 6.07) is 6.59. The zero-order valence-corrected chi connectivity index (χ0v) is 19.6. The first kappa shape index (κ1) is 28.7. The van der Waals surface area contributed by atoms with E-state index in [4.69, 9.17) is 0 Å². The summed E-state index contributed by atoms with van der Waals surface area (Å²) in [6.45, 7) is 0. The molecule has 0 atom stereocenters. The number of nitro benzene ring substituents is 1. The Hall–Kier alpha value is -2.53. The summed E-state index contributed by atoms with van der Waals surface area (Å²) in [5, 5.41) is 7.62. The number of hydrogen-bond donors (Lipinski definition) is 1. The van der Waals surface area contributed by atoms with E-state index in [2.05, 4.69) is 0 Å². The second-order valence-electron chi connectivity index (χ2n) is 6.62. The zero-order valence-electron chi connectivity index (χ0n) is 17.1. The average molecular weight is 566 g/mol. The Morgan fingerprint density at radius 3 is 2.20 bits per heavy atom. The van der Waals surface area contributed by atoms with Crippen LogP contribution in [-0.2, 0) is 14.6 Å². The van der Waals surface area contributed by atoms with E-state index in [1.165, 1.54) is 6.07 Å². The Morgan fingerprint density at radius 1 is 1.03 bits per heavy atom. The van der Waals surface area contributed by atoms with Gasteiger partial charge in [-0.25, -0.2) is 8.42 Å². The summed E-state index contributed by atoms with van der Waals surface area (Å²) < 4.78 is 115. The standard InChI is InChI=1S/C18H13F7N2O5S3/c1-33-11-5-6-14(13(8-11)27(29)30)35(31,32)9-15(28)26-10-3-2-4-12(7-10)34-18(24,25)16(19,20)17(21,22)23/h2-8H,9H2,1H3,(H,26,28). The van der Waals surface area contributed by atoms with Crippen LogP contribution in [-0.4, -0.2) is 48.6 Å². The fraction of sp³-hybridized carbons (Fsp3) is 0.278. The van der Waals surface area contributed by atoms with Gasteiger partial charge in [-0.3, -0.25) is 14.9 Å². The van der Waals surface area contributed by atoms with Gasteiger partial charge in [0.1, 0.15) is 10.6 Å². The number of amides is 1. The van der Waals surface area contributed by atoms with Crippen molar-refractivity contribution >= 4 is 50.6 Å². The Balaban J connectivity index is 2.22. The van der Waals surface area contributed by atoms with Gasteiger partial charge in [0.05, 0.1) is 4.92 Å². The number of thioether (sulfide) groups is 2. The monoisotopic (exact) mass is 566 g/mol. The van der Waals surface area contributed by atoms with Crippen molar-refractivity contribution in [2.24, 2.45) is 0 Å². The molecule has 0 heterocycles. The number of nitrogens with zero attached hydrogens (tertiary/aromatic N) is 1. The maximum Gasteiger partial charge on any atom is 0.460 e. The number of nitrogens with one attached hydrogen (secondary N) is 1. The lowest BCUT2D eigenvalue weighted by Gasteiger charge is -2.27. The molecule has 2 rings (SSSR count). The molecule has 0 aliphatic heterocycles. The van der Waals surface area contributed by atoms with Crippen LogP contribution in [0.2, 0.25) is 0 Å². The van der Waals surface area contributed by atoms with Crippen LogP contribution < -0.4 is 5.32 Å². The number of benzene rings is 2. The number of nitro groups is 1. The normalized spacial score (nSPS) is 12.9. The van der Waals surface area contributed by atoms with Crippen molar-refractivity contribution in [1.29, 1.82) is 0 Å². The number of carbonyl (C=O) groups is 1. The Morgan fingerprint density at radius 2 is 1.66 bits per heavy atom. The predicted octanol–water partition coefficient (Wildman–Crippen LogP) is 5.61. The molecule has 0 saturated heterocycles. The third kappa shape index (κ3) is 6.58. The molecule has 0 spiro atoms. The number of halogens is 7. The van der Waals surface area contributed by atoms with E-state index in [0.29, 0.717) is 11.0 Å². The summed E-state index contributed by atoms with van der Waals surface area (Å²) in [5.41, 5.74) is -1.18. The Kier molecular flexibility index (Phi) is 8.38. The highest BCUT2D eigenvalue weighted by Crippen LogP contribution is 2.53. The predicted molar refractivity (Wildman–Crippen MR) is 114 cm³/mol. The van der Waals surface area contributed by atoms with E-state index in [0.717, 1.165) is 42.1 Å². The van der Waals surface area contributed by atoms with Crippen LogP contribution in [0.4, 0.5) is 42.1 Å². The Labute approximate surface area is 201 Å². The van der Waals surface area contributed by atoms with Crippen LogP contribution in [0.15, 0.2) is 57.2 Å². The molecule has 2 aromatic rings. The number of rotatable bonds is 9. The van der Waals surface area contributed by atoms with Crippen molar-refractivity contribution in [3.63, 3.8) is 0 Å². The molecule has 0 bridgehead atoms. The van der Waals surface area contributed by atoms with Gasteiger partial charge in [0.2, 0.25) is 5.91 Å². The second-order valence-corrected chi connectivity index (χ2v) is 10.6. The zero-order chi connectivity index (χ0) is 26.8. The highest BCUT2D eigenvalue weighted by atomic mass is 32.2. The first-order valence-electron chi connectivity index (χ1n) is 8.88. The average Bonchev–Trinajstić information content (AvgIpc) is 2.71. The van der Waals surface area contributed by atoms with Gasteiger partial charge in [-0.05, 0) is 48.3 Å². The molecule has 1 N–H and O–H groups in total. The minimum atomic E-state index is -6.53. The van der Waals surface area contributed by atoms with E-state index in [1.807, 2.05) is 5.32 Å². The number of alkyl halides is 7. The second kappa shape index (κ2) is 10.2. The summed E-state index contributed by atoms with van der Waals surface area (Å²) in [7, 11) is -4.57. The van der Waals surface area contributed by atoms with Crippen molar-refractivity contribution in [2.45, 2.75) is 32.0 Å². The van der Waals surface area contributed by atoms with Crippen LogP contribution >= 0.6 is 23.5 Å². The molecule has 7 nitrogen and oxygen atoms in total. The lowest BCUT2D eigenvalue weighted by atomic mass is 10.3. The van der Waals surface area contributed by atoms with E-state index < -0.39 is 76.7 Å². The van der Waals surface area contributed by atoms with Gasteiger partial charge in [-0.1, -0.05) is 6.07 Å². The van der Waals surface area contributed by atoms with Crippen molar-refractivity contribution in [1.82, 2.24) is 0 Å². The fourth-order valence-electron chi connectivity index (χ4n) is 2.49. The molecular weight excluding hydrogens is 553 g/mol. The minimum absolute atomic E-state index is 0.377. The van der Waals surface area contributed by atoms with Gasteiger partial charge in [-0.15, -0.1) is 11.8 Å². The van der Waals surface area contributed by atoms with Crippen molar-refractivity contribution in [2.75, 3.05) is 17.3 Å². The number of hydrogen-bond acceptors (Lipinski definition) is 7. The molecule has 0 aromatic heterocycles. The number of anilines is 1. The van der Waals surface area contributed by atoms with Gasteiger partial charge in [-0.2, -0.15) is 30.7 Å². The third-order valence-corrected chi connectivity index (χ3v) is 7.49. The molecule has 2 aromatic carbocycles. The van der Waals surface area contributed by atoms with E-state index in [1.54, 1.807) is 6.26 Å². The van der Waals surface area contributed by atoms with Crippen LogP contribution in [0.3, 0.4) is 0 Å². The molecule has 35 heavy (non-hydrogen) atoms. The highest BCUT2D eigenvalue weighted by molar-refractivity contribution is 8.00. The molecular formula is C18H13F7N2O5S3. The van der Waals surface area contributed by atoms with Crippen molar-refractivity contribution < 1.29 is 48.9 Å². The third-order valence-electron chi connectivity index (χ3n) is 4.10. The summed E-state index contributed by atoms with van der Waals surface area (Å²) in [4.78, 5) is 21.3. The highest BCUT2D eigenvalue weighted by Gasteiger charge is 2.73. The van der Waals surface area contributed by atoms with Crippen LogP contribution in [0, 0.1) is 10.1 Å². The number of carbonyl (C=O) groups excluding carboxylic acids is 1. The van der Waals surface area contributed by atoms with Gasteiger partial charge >= 0.3 is 17.4 Å². The lowest BCUT2D eigenvalue weighted by Crippen LogP contribution is -2.49. The largest absolute Gasteiger partial charge is 0.460 e. The van der Waals surface area contributed by atoms with Crippen LogP contribution in [0.5, 0.6) is 0 Å². The molecule has 0 fully saturated rings. The summed E-state index contributed by atoms with van der Waals surface area (Å²) in [5.74, 6) is -8.95. The first-order chi connectivity index (χ1) is 15.9. The molecule has 1 amide bonds. The molecule has 17 heteroatoms.